The molecule has 2 N–H and O–H groups in total. The highest BCUT2D eigenvalue weighted by Gasteiger charge is 2.56. The van der Waals surface area contributed by atoms with Crippen LogP contribution in [0.1, 0.15) is 20.3 Å². The van der Waals surface area contributed by atoms with E-state index in [1.807, 2.05) is 0 Å². The van der Waals surface area contributed by atoms with Gasteiger partial charge in [0.1, 0.15) is 0 Å². The fourth-order valence-corrected chi connectivity index (χ4v) is 4.14. The number of urea groups is 2. The van der Waals surface area contributed by atoms with Crippen molar-refractivity contribution in [3.8, 4) is 0 Å². The summed E-state index contributed by atoms with van der Waals surface area (Å²) in [4.78, 5) is 40.8. The third-order valence-corrected chi connectivity index (χ3v) is 5.85. The van der Waals surface area contributed by atoms with Gasteiger partial charge in [-0.25, -0.2) is 9.59 Å². The van der Waals surface area contributed by atoms with Crippen LogP contribution in [0.5, 0.6) is 0 Å². The van der Waals surface area contributed by atoms with Gasteiger partial charge in [-0.3, -0.25) is 14.9 Å². The summed E-state index contributed by atoms with van der Waals surface area (Å²) in [5, 5.41) is 14.8. The Hall–Kier alpha value is -3.01. The van der Waals surface area contributed by atoms with E-state index in [2.05, 4.69) is 10.1 Å². The number of methoxy groups -OCH3 is 1. The maximum absolute atomic E-state index is 13.4. The van der Waals surface area contributed by atoms with E-state index in [0.717, 1.165) is 0 Å². The van der Waals surface area contributed by atoms with E-state index in [-0.39, 0.29) is 13.0 Å². The number of anilines is 2. The van der Waals surface area contributed by atoms with E-state index in [9.17, 15) is 19.6 Å². The molecule has 1 heterocycles. The number of ether oxygens (including phenoxy) is 1. The first-order valence-corrected chi connectivity index (χ1v) is 10.8. The average Bonchev–Trinajstić information content (AvgIpc) is 2.96. The summed E-state index contributed by atoms with van der Waals surface area (Å²) in [5.74, 6) is -0.490. The van der Waals surface area contributed by atoms with Gasteiger partial charge in [-0.2, -0.15) is 5.06 Å². The van der Waals surface area contributed by atoms with Crippen LogP contribution in [0, 0.1) is 0 Å². The van der Waals surface area contributed by atoms with Crippen LogP contribution in [0.3, 0.4) is 0 Å². The maximum atomic E-state index is 13.4. The SMILES string of the molecule is COC(=O)CCN1C(=O)N(c2cccc(Cl)c2)C(N(O)C(=O)Nc2cccc(Cl)c2)C1(C)C. The Morgan fingerprint density at radius 1 is 1.15 bits per heavy atom. The molecule has 2 aromatic carbocycles. The molecule has 2 aromatic rings. The van der Waals surface area contributed by atoms with Crippen LogP contribution in [0.2, 0.25) is 10.0 Å². The van der Waals surface area contributed by atoms with Gasteiger partial charge >= 0.3 is 18.0 Å². The predicted molar refractivity (Wildman–Crippen MR) is 125 cm³/mol. The number of amides is 4. The van der Waals surface area contributed by atoms with E-state index in [1.54, 1.807) is 56.3 Å². The van der Waals surface area contributed by atoms with Crippen molar-refractivity contribution >= 4 is 52.6 Å². The molecule has 176 valence electrons. The van der Waals surface area contributed by atoms with E-state index in [1.165, 1.54) is 23.0 Å². The predicted octanol–water partition coefficient (Wildman–Crippen LogP) is 4.83. The molecule has 1 fully saturated rings. The molecule has 0 spiro atoms. The molecule has 0 saturated carbocycles. The second-order valence-corrected chi connectivity index (χ2v) is 8.80. The van der Waals surface area contributed by atoms with Crippen LogP contribution in [0.15, 0.2) is 48.5 Å². The van der Waals surface area contributed by atoms with Crippen molar-refractivity contribution in [2.45, 2.75) is 32.0 Å². The molecular formula is C22H24Cl2N4O5. The lowest BCUT2D eigenvalue weighted by Crippen LogP contribution is -2.58. The summed E-state index contributed by atoms with van der Waals surface area (Å²) in [6.07, 6.45) is -1.21. The summed E-state index contributed by atoms with van der Waals surface area (Å²) in [5.41, 5.74) is -0.361. The van der Waals surface area contributed by atoms with E-state index >= 15 is 0 Å². The molecule has 0 aromatic heterocycles. The van der Waals surface area contributed by atoms with Gasteiger partial charge in [0, 0.05) is 28.0 Å². The lowest BCUT2D eigenvalue weighted by Gasteiger charge is -2.38. The van der Waals surface area contributed by atoms with Gasteiger partial charge in [-0.1, -0.05) is 35.3 Å². The Balaban J connectivity index is 1.97. The minimum Gasteiger partial charge on any atom is -0.469 e. The fraction of sp³-hybridized carbons (Fsp3) is 0.318. The van der Waals surface area contributed by atoms with Crippen LogP contribution in [-0.2, 0) is 9.53 Å². The molecule has 1 saturated heterocycles. The highest BCUT2D eigenvalue weighted by Crippen LogP contribution is 2.38. The van der Waals surface area contributed by atoms with Crippen LogP contribution < -0.4 is 10.2 Å². The number of benzene rings is 2. The topological polar surface area (TPSA) is 102 Å². The quantitative estimate of drug-likeness (QED) is 0.340. The Bertz CT molecular complexity index is 1060. The van der Waals surface area contributed by atoms with E-state index in [0.29, 0.717) is 26.5 Å². The average molecular weight is 495 g/mol. The third kappa shape index (κ3) is 5.16. The number of hydroxylamine groups is 2. The molecule has 0 aliphatic carbocycles. The number of halogens is 2. The number of carbonyl (C=O) groups is 3. The number of hydrogen-bond donors (Lipinski definition) is 2. The lowest BCUT2D eigenvalue weighted by atomic mass is 9.99. The molecule has 4 amide bonds. The van der Waals surface area contributed by atoms with Crippen molar-refractivity contribution in [1.29, 1.82) is 0 Å². The first kappa shape index (κ1) is 24.6. The number of carbonyl (C=O) groups excluding carboxylic acids is 3. The zero-order valence-electron chi connectivity index (χ0n) is 18.3. The van der Waals surface area contributed by atoms with E-state index < -0.39 is 29.7 Å². The lowest BCUT2D eigenvalue weighted by molar-refractivity contribution is -0.141. The molecule has 1 atom stereocenters. The van der Waals surface area contributed by atoms with Crippen molar-refractivity contribution in [3.05, 3.63) is 58.6 Å². The van der Waals surface area contributed by atoms with Crippen molar-refractivity contribution in [2.24, 2.45) is 0 Å². The van der Waals surface area contributed by atoms with Gasteiger partial charge in [0.15, 0.2) is 6.17 Å². The minimum atomic E-state index is -1.15. The van der Waals surface area contributed by atoms with E-state index in [4.69, 9.17) is 23.2 Å². The summed E-state index contributed by atoms with van der Waals surface area (Å²) in [7, 11) is 1.26. The number of esters is 1. The molecule has 1 unspecified atom stereocenters. The fourth-order valence-electron chi connectivity index (χ4n) is 3.77. The number of nitrogens with one attached hydrogen (secondary N) is 1. The maximum Gasteiger partial charge on any atom is 0.347 e. The van der Waals surface area contributed by atoms with Crippen molar-refractivity contribution < 1.29 is 24.3 Å². The largest absolute Gasteiger partial charge is 0.469 e. The first-order chi connectivity index (χ1) is 15.6. The monoisotopic (exact) mass is 494 g/mol. The molecule has 0 radical (unpaired) electrons. The summed E-state index contributed by atoms with van der Waals surface area (Å²) >= 11 is 12.1. The first-order valence-electron chi connectivity index (χ1n) is 10.0. The van der Waals surface area contributed by atoms with Crippen molar-refractivity contribution in [2.75, 3.05) is 23.9 Å². The smallest absolute Gasteiger partial charge is 0.347 e. The van der Waals surface area contributed by atoms with Crippen molar-refractivity contribution in [3.63, 3.8) is 0 Å². The molecule has 11 heteroatoms. The summed E-state index contributed by atoms with van der Waals surface area (Å²) in [6.45, 7) is 3.40. The van der Waals surface area contributed by atoms with Gasteiger partial charge in [-0.15, -0.1) is 0 Å². The molecule has 9 nitrogen and oxygen atoms in total. The normalized spacial score (nSPS) is 17.2. The highest BCUT2D eigenvalue weighted by atomic mass is 35.5. The Labute approximate surface area is 201 Å². The van der Waals surface area contributed by atoms with Gasteiger partial charge in [-0.05, 0) is 50.2 Å². The number of nitrogens with zero attached hydrogens (tertiary/aromatic N) is 3. The zero-order chi connectivity index (χ0) is 24.3. The van der Waals surface area contributed by atoms with Crippen LogP contribution >= 0.6 is 23.2 Å². The Morgan fingerprint density at radius 3 is 2.39 bits per heavy atom. The van der Waals surface area contributed by atoms with Gasteiger partial charge < -0.3 is 15.0 Å². The summed E-state index contributed by atoms with van der Waals surface area (Å²) in [6, 6.07) is 11.5. The van der Waals surface area contributed by atoms with Crippen LogP contribution in [-0.4, -0.2) is 58.6 Å². The molecule has 1 aliphatic rings. The minimum absolute atomic E-state index is 0.0236. The molecule has 33 heavy (non-hydrogen) atoms. The number of hydrogen-bond acceptors (Lipinski definition) is 5. The molecular weight excluding hydrogens is 471 g/mol. The van der Waals surface area contributed by atoms with Gasteiger partial charge in [0.2, 0.25) is 0 Å². The highest BCUT2D eigenvalue weighted by molar-refractivity contribution is 6.31. The number of rotatable bonds is 6. The van der Waals surface area contributed by atoms with Gasteiger partial charge in [0.05, 0.1) is 19.1 Å². The second kappa shape index (κ2) is 9.86. The Morgan fingerprint density at radius 2 is 1.79 bits per heavy atom. The molecule has 1 aliphatic heterocycles. The standard InChI is InChI=1S/C22H24Cl2N4O5/c1-22(2)19(28(32)20(30)25-16-8-4-6-14(23)12-16)27(17-9-5-7-15(24)13-17)21(31)26(22)11-10-18(29)33-3/h4-9,12-13,19,32H,10-11H2,1-3H3,(H,25,30). The molecule has 3 rings (SSSR count). The summed E-state index contributed by atoms with van der Waals surface area (Å²) < 4.78 is 4.69. The third-order valence-electron chi connectivity index (χ3n) is 5.38. The van der Waals surface area contributed by atoms with Crippen LogP contribution in [0.25, 0.3) is 0 Å². The van der Waals surface area contributed by atoms with Crippen LogP contribution in [0.4, 0.5) is 21.0 Å². The van der Waals surface area contributed by atoms with Crippen molar-refractivity contribution in [1.82, 2.24) is 9.96 Å². The zero-order valence-corrected chi connectivity index (χ0v) is 19.8. The molecule has 0 bridgehead atoms. The van der Waals surface area contributed by atoms with Gasteiger partial charge in [0.25, 0.3) is 0 Å². The Kier molecular flexibility index (Phi) is 7.36. The second-order valence-electron chi connectivity index (χ2n) is 7.92.